The zero-order chi connectivity index (χ0) is 13.9. The summed E-state index contributed by atoms with van der Waals surface area (Å²) in [6, 6.07) is 13.5. The predicted molar refractivity (Wildman–Crippen MR) is 78.0 cm³/mol. The molecule has 4 nitrogen and oxygen atoms in total. The molecular weight excluding hydrogens is 250 g/mol. The van der Waals surface area contributed by atoms with Crippen LogP contribution in [0.15, 0.2) is 48.7 Å². The number of hydrogen-bond acceptors (Lipinski definition) is 3. The van der Waals surface area contributed by atoms with E-state index >= 15 is 0 Å². The Morgan fingerprint density at radius 2 is 1.95 bits per heavy atom. The highest BCUT2D eigenvalue weighted by Gasteiger charge is 2.33. The van der Waals surface area contributed by atoms with Crippen molar-refractivity contribution >= 4 is 11.6 Å². The van der Waals surface area contributed by atoms with Crippen LogP contribution in [0.4, 0.5) is 5.69 Å². The van der Waals surface area contributed by atoms with Crippen molar-refractivity contribution in [3.05, 3.63) is 59.9 Å². The molecule has 102 valence electrons. The minimum absolute atomic E-state index is 0.0464. The van der Waals surface area contributed by atoms with Crippen LogP contribution in [0.2, 0.25) is 0 Å². The van der Waals surface area contributed by atoms with E-state index in [0.717, 1.165) is 18.4 Å². The van der Waals surface area contributed by atoms with E-state index < -0.39 is 0 Å². The van der Waals surface area contributed by atoms with Crippen LogP contribution in [0.1, 0.15) is 34.9 Å². The summed E-state index contributed by atoms with van der Waals surface area (Å²) in [5, 5.41) is 3.07. The van der Waals surface area contributed by atoms with Gasteiger partial charge < -0.3 is 11.1 Å². The minimum Gasteiger partial charge on any atom is -0.397 e. The molecule has 2 aromatic rings. The summed E-state index contributed by atoms with van der Waals surface area (Å²) in [5.41, 5.74) is 7.65. The van der Waals surface area contributed by atoms with Crippen LogP contribution in [-0.4, -0.2) is 10.9 Å². The maximum absolute atomic E-state index is 12.3. The van der Waals surface area contributed by atoms with Gasteiger partial charge in [0, 0.05) is 6.20 Å². The van der Waals surface area contributed by atoms with Crippen LogP contribution in [0.5, 0.6) is 0 Å². The Kier molecular flexibility index (Phi) is 3.37. The van der Waals surface area contributed by atoms with E-state index in [9.17, 15) is 4.79 Å². The van der Waals surface area contributed by atoms with E-state index in [4.69, 9.17) is 5.73 Å². The number of nitrogens with one attached hydrogen (secondary N) is 1. The topological polar surface area (TPSA) is 68.0 Å². The molecule has 1 unspecified atom stereocenters. The molecule has 0 bridgehead atoms. The summed E-state index contributed by atoms with van der Waals surface area (Å²) in [6.45, 7) is 0. The van der Waals surface area contributed by atoms with E-state index in [1.807, 2.05) is 30.3 Å². The van der Waals surface area contributed by atoms with Crippen molar-refractivity contribution in [3.8, 4) is 0 Å². The number of aromatic nitrogens is 1. The summed E-state index contributed by atoms with van der Waals surface area (Å²) in [6.07, 6.45) is 3.88. The lowest BCUT2D eigenvalue weighted by Crippen LogP contribution is -2.31. The molecule has 0 saturated heterocycles. The predicted octanol–water partition coefficient (Wildman–Crippen LogP) is 2.54. The molecule has 1 saturated carbocycles. The number of carbonyl (C=O) groups is 1. The molecule has 1 atom stereocenters. The fourth-order valence-corrected chi connectivity index (χ4v) is 2.38. The molecule has 20 heavy (non-hydrogen) atoms. The van der Waals surface area contributed by atoms with E-state index in [1.54, 1.807) is 18.3 Å². The SMILES string of the molecule is Nc1cccnc1C(=O)NC(c1ccccc1)C1CC1. The zero-order valence-corrected chi connectivity index (χ0v) is 11.1. The zero-order valence-electron chi connectivity index (χ0n) is 11.1. The van der Waals surface area contributed by atoms with Crippen LogP contribution in [0, 0.1) is 5.92 Å². The second-order valence-corrected chi connectivity index (χ2v) is 5.14. The maximum atomic E-state index is 12.3. The van der Waals surface area contributed by atoms with Crippen molar-refractivity contribution in [1.82, 2.24) is 10.3 Å². The molecule has 1 aliphatic rings. The summed E-state index contributed by atoms with van der Waals surface area (Å²) >= 11 is 0. The van der Waals surface area contributed by atoms with Crippen molar-refractivity contribution in [2.75, 3.05) is 5.73 Å². The fourth-order valence-electron chi connectivity index (χ4n) is 2.38. The van der Waals surface area contributed by atoms with E-state index in [0.29, 0.717) is 17.3 Å². The van der Waals surface area contributed by atoms with Crippen molar-refractivity contribution in [1.29, 1.82) is 0 Å². The van der Waals surface area contributed by atoms with Gasteiger partial charge in [-0.05, 0) is 36.5 Å². The van der Waals surface area contributed by atoms with Crippen molar-refractivity contribution in [2.45, 2.75) is 18.9 Å². The third-order valence-electron chi connectivity index (χ3n) is 3.59. The van der Waals surface area contributed by atoms with Gasteiger partial charge in [0.2, 0.25) is 0 Å². The van der Waals surface area contributed by atoms with Crippen LogP contribution >= 0.6 is 0 Å². The number of rotatable bonds is 4. The van der Waals surface area contributed by atoms with Gasteiger partial charge in [-0.15, -0.1) is 0 Å². The molecule has 0 aliphatic heterocycles. The van der Waals surface area contributed by atoms with Crippen molar-refractivity contribution in [2.24, 2.45) is 5.92 Å². The number of nitrogens with two attached hydrogens (primary N) is 1. The highest BCUT2D eigenvalue weighted by Crippen LogP contribution is 2.41. The molecule has 1 aromatic carbocycles. The van der Waals surface area contributed by atoms with Crippen LogP contribution in [0.3, 0.4) is 0 Å². The average Bonchev–Trinajstić information content (AvgIpc) is 3.30. The first-order chi connectivity index (χ1) is 9.75. The molecular formula is C16H17N3O. The van der Waals surface area contributed by atoms with Gasteiger partial charge in [0.15, 0.2) is 5.69 Å². The van der Waals surface area contributed by atoms with Crippen molar-refractivity contribution in [3.63, 3.8) is 0 Å². The lowest BCUT2D eigenvalue weighted by molar-refractivity contribution is 0.0927. The smallest absolute Gasteiger partial charge is 0.272 e. The Morgan fingerprint density at radius 1 is 1.20 bits per heavy atom. The summed E-state index contributed by atoms with van der Waals surface area (Å²) in [4.78, 5) is 16.4. The molecule has 4 heteroatoms. The molecule has 1 fully saturated rings. The standard InChI is InChI=1S/C16H17N3O/c17-13-7-4-10-18-15(13)16(20)19-14(12-8-9-12)11-5-2-1-3-6-11/h1-7,10,12,14H,8-9,17H2,(H,19,20). The Hall–Kier alpha value is -2.36. The van der Waals surface area contributed by atoms with Crippen molar-refractivity contribution < 1.29 is 4.79 Å². The molecule has 1 aromatic heterocycles. The lowest BCUT2D eigenvalue weighted by atomic mass is 10.0. The number of pyridine rings is 1. The minimum atomic E-state index is -0.205. The summed E-state index contributed by atoms with van der Waals surface area (Å²) in [5.74, 6) is 0.315. The van der Waals surface area contributed by atoms with Gasteiger partial charge in [-0.25, -0.2) is 4.98 Å². The number of hydrogen-bond donors (Lipinski definition) is 2. The maximum Gasteiger partial charge on any atom is 0.272 e. The molecule has 1 heterocycles. The fraction of sp³-hybridized carbons (Fsp3) is 0.250. The van der Waals surface area contributed by atoms with Gasteiger partial charge in [0.1, 0.15) is 0 Å². The molecule has 1 amide bonds. The Balaban J connectivity index is 1.81. The number of benzene rings is 1. The van der Waals surface area contributed by atoms with Crippen LogP contribution in [0.25, 0.3) is 0 Å². The van der Waals surface area contributed by atoms with Gasteiger partial charge in [-0.2, -0.15) is 0 Å². The highest BCUT2D eigenvalue weighted by molar-refractivity contribution is 5.97. The summed E-state index contributed by atoms with van der Waals surface area (Å²) in [7, 11) is 0. The van der Waals surface area contributed by atoms with E-state index in [2.05, 4.69) is 10.3 Å². The van der Waals surface area contributed by atoms with Gasteiger partial charge in [0.25, 0.3) is 5.91 Å². The van der Waals surface area contributed by atoms with Gasteiger partial charge in [0.05, 0.1) is 11.7 Å². The monoisotopic (exact) mass is 267 g/mol. The van der Waals surface area contributed by atoms with Gasteiger partial charge >= 0.3 is 0 Å². The Labute approximate surface area is 118 Å². The Morgan fingerprint density at radius 3 is 2.60 bits per heavy atom. The molecule has 3 N–H and O–H groups in total. The highest BCUT2D eigenvalue weighted by atomic mass is 16.2. The number of anilines is 1. The third kappa shape index (κ3) is 2.64. The first-order valence-electron chi connectivity index (χ1n) is 6.82. The van der Waals surface area contributed by atoms with Gasteiger partial charge in [-0.1, -0.05) is 30.3 Å². The molecule has 3 rings (SSSR count). The quantitative estimate of drug-likeness (QED) is 0.894. The third-order valence-corrected chi connectivity index (χ3v) is 3.59. The largest absolute Gasteiger partial charge is 0.397 e. The first kappa shape index (κ1) is 12.7. The lowest BCUT2D eigenvalue weighted by Gasteiger charge is -2.19. The van der Waals surface area contributed by atoms with Crippen LogP contribution < -0.4 is 11.1 Å². The Bertz CT molecular complexity index is 608. The van der Waals surface area contributed by atoms with E-state index in [-0.39, 0.29) is 11.9 Å². The molecule has 0 radical (unpaired) electrons. The number of nitrogens with zero attached hydrogens (tertiary/aromatic N) is 1. The normalized spacial score (nSPS) is 15.6. The number of amides is 1. The van der Waals surface area contributed by atoms with Crippen LogP contribution in [-0.2, 0) is 0 Å². The van der Waals surface area contributed by atoms with E-state index in [1.165, 1.54) is 0 Å². The second-order valence-electron chi connectivity index (χ2n) is 5.14. The second kappa shape index (κ2) is 5.33. The molecule has 1 aliphatic carbocycles. The average molecular weight is 267 g/mol. The van der Waals surface area contributed by atoms with Gasteiger partial charge in [-0.3, -0.25) is 4.79 Å². The molecule has 0 spiro atoms. The summed E-state index contributed by atoms with van der Waals surface area (Å²) < 4.78 is 0. The number of carbonyl (C=O) groups excluding carboxylic acids is 1. The number of nitrogen functional groups attached to an aromatic ring is 1. The first-order valence-corrected chi connectivity index (χ1v) is 6.82.